The Morgan fingerprint density at radius 1 is 1.19 bits per heavy atom. The van der Waals surface area contributed by atoms with Gasteiger partial charge in [-0.15, -0.1) is 0 Å². The molecule has 0 aliphatic carbocycles. The van der Waals surface area contributed by atoms with Crippen molar-refractivity contribution < 1.29 is 50.6 Å². The zero-order chi connectivity index (χ0) is 21.3. The zero-order valence-corrected chi connectivity index (χ0v) is 14.5. The lowest BCUT2D eigenvalue weighted by atomic mass is 9.91. The number of ether oxygens (including phenoxy) is 1. The van der Waals surface area contributed by atoms with Gasteiger partial charge in [-0.3, -0.25) is 9.59 Å². The van der Waals surface area contributed by atoms with Crippen LogP contribution in [0.15, 0.2) is 5.16 Å². The Morgan fingerprint density at radius 3 is 2.15 bits per heavy atom. The second kappa shape index (κ2) is 7.52. The van der Waals surface area contributed by atoms with Crippen molar-refractivity contribution in [1.82, 2.24) is 5.32 Å². The van der Waals surface area contributed by atoms with Gasteiger partial charge in [-0.1, -0.05) is 5.16 Å². The van der Waals surface area contributed by atoms with E-state index in [1.54, 1.807) is 20.8 Å². The van der Waals surface area contributed by atoms with Crippen LogP contribution < -0.4 is 5.32 Å². The SMILES string of the molecule is CC(C)(C)OC(=O)CCNC(=O)C1=NOC(C(O)(C(F)(F)F)C(F)(F)F)C1. The van der Waals surface area contributed by atoms with Crippen LogP contribution in [0.1, 0.15) is 33.6 Å². The van der Waals surface area contributed by atoms with Gasteiger partial charge in [0.25, 0.3) is 11.5 Å². The lowest BCUT2D eigenvalue weighted by molar-refractivity contribution is -0.392. The van der Waals surface area contributed by atoms with E-state index in [1.165, 1.54) is 0 Å². The number of amides is 1. The summed E-state index contributed by atoms with van der Waals surface area (Å²) in [5, 5.41) is 14.2. The minimum absolute atomic E-state index is 0.282. The summed E-state index contributed by atoms with van der Waals surface area (Å²) in [6.45, 7) is 4.53. The summed E-state index contributed by atoms with van der Waals surface area (Å²) in [6.07, 6.45) is -16.6. The second-order valence-corrected chi connectivity index (χ2v) is 6.69. The lowest BCUT2D eigenvalue weighted by Crippen LogP contribution is -2.64. The third-order valence-corrected chi connectivity index (χ3v) is 3.30. The molecule has 1 heterocycles. The Bertz CT molecular complexity index is 595. The molecule has 0 radical (unpaired) electrons. The molecule has 0 spiro atoms. The molecule has 156 valence electrons. The topological polar surface area (TPSA) is 97.2 Å². The summed E-state index contributed by atoms with van der Waals surface area (Å²) in [6, 6.07) is 0. The molecule has 1 atom stereocenters. The van der Waals surface area contributed by atoms with Gasteiger partial charge in [-0.2, -0.15) is 26.3 Å². The number of hydrogen-bond acceptors (Lipinski definition) is 6. The quantitative estimate of drug-likeness (QED) is 0.535. The fourth-order valence-corrected chi connectivity index (χ4v) is 2.03. The molecule has 0 aromatic carbocycles. The van der Waals surface area contributed by atoms with Gasteiger partial charge in [0, 0.05) is 13.0 Å². The molecule has 1 aliphatic rings. The molecule has 1 rings (SSSR count). The van der Waals surface area contributed by atoms with Crippen molar-refractivity contribution in [2.45, 2.75) is 63.3 Å². The molecule has 1 amide bonds. The first-order valence-electron chi connectivity index (χ1n) is 7.57. The summed E-state index contributed by atoms with van der Waals surface area (Å²) in [4.78, 5) is 27.3. The summed E-state index contributed by atoms with van der Waals surface area (Å²) in [5.41, 5.74) is -6.74. The largest absolute Gasteiger partial charge is 0.460 e. The minimum atomic E-state index is -6.10. The molecule has 1 aliphatic heterocycles. The fourth-order valence-electron chi connectivity index (χ4n) is 2.03. The van der Waals surface area contributed by atoms with Crippen molar-refractivity contribution in [3.05, 3.63) is 0 Å². The molecule has 1 unspecified atom stereocenters. The van der Waals surface area contributed by atoms with E-state index >= 15 is 0 Å². The van der Waals surface area contributed by atoms with E-state index in [9.17, 15) is 41.0 Å². The first-order chi connectivity index (χ1) is 12.0. The normalized spacial score (nSPS) is 18.6. The van der Waals surface area contributed by atoms with Gasteiger partial charge >= 0.3 is 18.3 Å². The number of carbonyl (C=O) groups excluding carboxylic acids is 2. The average molecular weight is 408 g/mol. The summed E-state index contributed by atoms with van der Waals surface area (Å²) in [7, 11) is 0. The monoisotopic (exact) mass is 408 g/mol. The number of esters is 1. The highest BCUT2D eigenvalue weighted by atomic mass is 19.4. The Labute approximate surface area is 149 Å². The zero-order valence-electron chi connectivity index (χ0n) is 14.5. The third kappa shape index (κ3) is 5.47. The van der Waals surface area contributed by atoms with E-state index < -0.39 is 53.7 Å². The van der Waals surface area contributed by atoms with Crippen LogP contribution in [0.4, 0.5) is 26.3 Å². The highest BCUT2D eigenvalue weighted by Gasteiger charge is 2.76. The summed E-state index contributed by atoms with van der Waals surface area (Å²) >= 11 is 0. The van der Waals surface area contributed by atoms with Gasteiger partial charge in [0.15, 0.2) is 6.10 Å². The maximum atomic E-state index is 12.8. The Kier molecular flexibility index (Phi) is 6.41. The van der Waals surface area contributed by atoms with Gasteiger partial charge in [0.1, 0.15) is 11.3 Å². The van der Waals surface area contributed by atoms with E-state index in [4.69, 9.17) is 4.74 Å². The van der Waals surface area contributed by atoms with Crippen molar-refractivity contribution in [2.75, 3.05) is 6.54 Å². The van der Waals surface area contributed by atoms with Gasteiger partial charge in [0.2, 0.25) is 0 Å². The maximum Gasteiger partial charge on any atom is 0.430 e. The average Bonchev–Trinajstić information content (AvgIpc) is 2.91. The smallest absolute Gasteiger partial charge is 0.430 e. The minimum Gasteiger partial charge on any atom is -0.460 e. The molecule has 0 aromatic heterocycles. The fraction of sp³-hybridized carbons (Fsp3) is 0.786. The van der Waals surface area contributed by atoms with Gasteiger partial charge in [0.05, 0.1) is 6.42 Å². The van der Waals surface area contributed by atoms with Crippen molar-refractivity contribution in [2.24, 2.45) is 5.16 Å². The Morgan fingerprint density at radius 2 is 1.70 bits per heavy atom. The number of nitrogens with one attached hydrogen (secondary N) is 1. The van der Waals surface area contributed by atoms with Crippen LogP contribution in [0.3, 0.4) is 0 Å². The molecule has 0 saturated carbocycles. The molecule has 13 heteroatoms. The van der Waals surface area contributed by atoms with Crippen molar-refractivity contribution in [1.29, 1.82) is 0 Å². The Hall–Kier alpha value is -2.05. The molecule has 27 heavy (non-hydrogen) atoms. The lowest BCUT2D eigenvalue weighted by Gasteiger charge is -2.35. The highest BCUT2D eigenvalue weighted by Crippen LogP contribution is 2.47. The Balaban J connectivity index is 2.66. The van der Waals surface area contributed by atoms with Crippen LogP contribution >= 0.6 is 0 Å². The van der Waals surface area contributed by atoms with Crippen molar-refractivity contribution in [3.63, 3.8) is 0 Å². The van der Waals surface area contributed by atoms with Gasteiger partial charge in [-0.25, -0.2) is 0 Å². The van der Waals surface area contributed by atoms with Crippen LogP contribution in [0.25, 0.3) is 0 Å². The number of nitrogens with zero attached hydrogens (tertiary/aromatic N) is 1. The predicted molar refractivity (Wildman–Crippen MR) is 77.5 cm³/mol. The summed E-state index contributed by atoms with van der Waals surface area (Å²) in [5.74, 6) is -1.80. The van der Waals surface area contributed by atoms with E-state index in [-0.39, 0.29) is 13.0 Å². The molecule has 0 aromatic rings. The van der Waals surface area contributed by atoms with E-state index in [0.717, 1.165) is 0 Å². The van der Waals surface area contributed by atoms with E-state index in [2.05, 4.69) is 15.3 Å². The molecule has 0 saturated heterocycles. The van der Waals surface area contributed by atoms with Crippen LogP contribution in [0.2, 0.25) is 0 Å². The maximum absolute atomic E-state index is 12.8. The number of oxime groups is 1. The van der Waals surface area contributed by atoms with Crippen LogP contribution in [-0.2, 0) is 19.2 Å². The van der Waals surface area contributed by atoms with Gasteiger partial charge in [-0.05, 0) is 20.8 Å². The number of alkyl halides is 6. The van der Waals surface area contributed by atoms with Crippen molar-refractivity contribution >= 4 is 17.6 Å². The number of rotatable bonds is 5. The first-order valence-corrected chi connectivity index (χ1v) is 7.57. The second-order valence-electron chi connectivity index (χ2n) is 6.69. The van der Waals surface area contributed by atoms with Crippen LogP contribution in [0.5, 0.6) is 0 Å². The molecular formula is C14H18F6N2O5. The molecule has 2 N–H and O–H groups in total. The molecule has 7 nitrogen and oxygen atoms in total. The van der Waals surface area contributed by atoms with Gasteiger partial charge < -0.3 is 20.0 Å². The van der Waals surface area contributed by atoms with Crippen LogP contribution in [0, 0.1) is 0 Å². The van der Waals surface area contributed by atoms with E-state index in [1.807, 2.05) is 0 Å². The number of carbonyl (C=O) groups is 2. The molecule has 0 fully saturated rings. The molecule has 0 bridgehead atoms. The highest BCUT2D eigenvalue weighted by molar-refractivity contribution is 6.39. The first kappa shape index (κ1) is 23.0. The number of aliphatic hydroxyl groups is 1. The predicted octanol–water partition coefficient (Wildman–Crippen LogP) is 1.83. The summed E-state index contributed by atoms with van der Waals surface area (Å²) < 4.78 is 81.5. The number of halogens is 6. The van der Waals surface area contributed by atoms with E-state index in [0.29, 0.717) is 0 Å². The van der Waals surface area contributed by atoms with Crippen molar-refractivity contribution in [3.8, 4) is 0 Å². The number of hydrogen-bond donors (Lipinski definition) is 2. The standard InChI is InChI=1S/C14H18F6N2O5/c1-11(2,3)26-9(23)4-5-21-10(24)7-6-8(27-22-7)12(25,13(15,16)17)14(18,19)20/h8,25H,4-6H2,1-3H3,(H,21,24). The van der Waals surface area contributed by atoms with Crippen LogP contribution in [-0.4, -0.2) is 58.9 Å². The third-order valence-electron chi connectivity index (χ3n) is 3.30. The molecular weight excluding hydrogens is 390 g/mol.